The molecule has 5 nitrogen and oxygen atoms in total. The highest BCUT2D eigenvalue weighted by atomic mass is 16.5. The normalized spacial score (nSPS) is 12.8. The van der Waals surface area contributed by atoms with Gasteiger partial charge in [0.1, 0.15) is 18.1 Å². The Balaban J connectivity index is 2.06. The Labute approximate surface area is 218 Å². The number of carbonyl (C=O) groups excluding carboxylic acids is 1. The molecule has 0 saturated carbocycles. The molecule has 1 atom stereocenters. The van der Waals surface area contributed by atoms with Crippen LogP contribution in [0.3, 0.4) is 0 Å². The van der Waals surface area contributed by atoms with Crippen molar-refractivity contribution in [2.45, 2.75) is 91.6 Å². The van der Waals surface area contributed by atoms with Gasteiger partial charge in [0.15, 0.2) is 0 Å². The number of hydrogen-bond donors (Lipinski definition) is 1. The highest BCUT2D eigenvalue weighted by Gasteiger charge is 2.31. The minimum absolute atomic E-state index is 0.0966. The third kappa shape index (κ3) is 7.99. The number of esters is 1. The quantitative estimate of drug-likeness (QED) is 0.224. The Morgan fingerprint density at radius 1 is 0.917 bits per heavy atom. The zero-order valence-corrected chi connectivity index (χ0v) is 23.4. The first-order valence-electron chi connectivity index (χ1n) is 13.3. The second-order valence-electron chi connectivity index (χ2n) is 10.7. The standard InChI is InChI=1S/C31H46O5/c1-8-31(9-2,25-16-19-27(23(3)21-25)36-22-28(32)30(4,5)6)24-14-17-26(18-15-24)35-20-12-10-11-13-29(33)34-7/h14-19,21,28,32H,8-13,20,22H2,1-7H3. The molecule has 0 aliphatic carbocycles. The minimum atomic E-state index is -0.525. The molecular weight excluding hydrogens is 452 g/mol. The molecule has 0 fully saturated rings. The largest absolute Gasteiger partial charge is 0.494 e. The van der Waals surface area contributed by atoms with Crippen molar-refractivity contribution >= 4 is 5.97 Å². The van der Waals surface area contributed by atoms with Crippen LogP contribution in [0, 0.1) is 12.3 Å². The number of aliphatic hydroxyl groups excluding tert-OH is 1. The maximum atomic E-state index is 11.2. The van der Waals surface area contributed by atoms with E-state index in [1.165, 1.54) is 18.2 Å². The summed E-state index contributed by atoms with van der Waals surface area (Å²) in [5.41, 5.74) is 3.31. The first-order valence-corrected chi connectivity index (χ1v) is 13.3. The van der Waals surface area contributed by atoms with Crippen LogP contribution in [0.15, 0.2) is 42.5 Å². The highest BCUT2D eigenvalue weighted by Crippen LogP contribution is 2.41. The summed E-state index contributed by atoms with van der Waals surface area (Å²) in [5, 5.41) is 10.3. The van der Waals surface area contributed by atoms with E-state index in [-0.39, 0.29) is 23.4 Å². The van der Waals surface area contributed by atoms with E-state index >= 15 is 0 Å². The molecular formula is C31H46O5. The van der Waals surface area contributed by atoms with Crippen molar-refractivity contribution in [2.24, 2.45) is 5.41 Å². The Morgan fingerprint density at radius 2 is 1.56 bits per heavy atom. The van der Waals surface area contributed by atoms with E-state index in [9.17, 15) is 9.90 Å². The van der Waals surface area contributed by atoms with Gasteiger partial charge in [0.25, 0.3) is 0 Å². The molecule has 2 aromatic rings. The molecule has 5 heteroatoms. The van der Waals surface area contributed by atoms with Gasteiger partial charge >= 0.3 is 5.97 Å². The zero-order chi connectivity index (χ0) is 26.8. The van der Waals surface area contributed by atoms with E-state index < -0.39 is 6.10 Å². The molecule has 0 radical (unpaired) electrons. The summed E-state index contributed by atoms with van der Waals surface area (Å²) >= 11 is 0. The zero-order valence-electron chi connectivity index (χ0n) is 23.4. The van der Waals surface area contributed by atoms with Crippen molar-refractivity contribution in [2.75, 3.05) is 20.3 Å². The monoisotopic (exact) mass is 498 g/mol. The van der Waals surface area contributed by atoms with Crippen molar-refractivity contribution in [3.05, 3.63) is 59.2 Å². The maximum absolute atomic E-state index is 11.2. The second-order valence-corrected chi connectivity index (χ2v) is 10.7. The lowest BCUT2D eigenvalue weighted by Gasteiger charge is -2.34. The molecule has 0 amide bonds. The summed E-state index contributed by atoms with van der Waals surface area (Å²) in [7, 11) is 1.42. The number of aryl methyl sites for hydroxylation is 1. The Morgan fingerprint density at radius 3 is 2.11 bits per heavy atom. The molecule has 0 aromatic heterocycles. The van der Waals surface area contributed by atoms with Crippen molar-refractivity contribution in [3.63, 3.8) is 0 Å². The van der Waals surface area contributed by atoms with E-state index in [0.717, 1.165) is 49.2 Å². The maximum Gasteiger partial charge on any atom is 0.305 e. The van der Waals surface area contributed by atoms with Crippen LogP contribution in [-0.4, -0.2) is 37.5 Å². The van der Waals surface area contributed by atoms with Crippen LogP contribution in [0.4, 0.5) is 0 Å². The van der Waals surface area contributed by atoms with Gasteiger partial charge in [-0.1, -0.05) is 58.9 Å². The lowest BCUT2D eigenvalue weighted by atomic mass is 9.70. The number of rotatable bonds is 14. The van der Waals surface area contributed by atoms with Gasteiger partial charge in [-0.15, -0.1) is 0 Å². The number of benzene rings is 2. The lowest BCUT2D eigenvalue weighted by Crippen LogP contribution is -2.32. The molecule has 0 aliphatic heterocycles. The summed E-state index contributed by atoms with van der Waals surface area (Å²) in [4.78, 5) is 11.2. The van der Waals surface area contributed by atoms with Crippen LogP contribution in [-0.2, 0) is 14.9 Å². The van der Waals surface area contributed by atoms with Gasteiger partial charge < -0.3 is 19.3 Å². The van der Waals surface area contributed by atoms with E-state index in [0.29, 0.717) is 13.0 Å². The average molecular weight is 499 g/mol. The van der Waals surface area contributed by atoms with Crippen LogP contribution in [0.2, 0.25) is 0 Å². The summed E-state index contributed by atoms with van der Waals surface area (Å²) in [6.07, 6.45) is 4.57. The number of unbranched alkanes of at least 4 members (excludes halogenated alkanes) is 2. The molecule has 0 saturated heterocycles. The summed E-state index contributed by atoms with van der Waals surface area (Å²) < 4.78 is 16.6. The number of aliphatic hydroxyl groups is 1. The summed E-state index contributed by atoms with van der Waals surface area (Å²) in [6.45, 7) is 13.5. The molecule has 200 valence electrons. The summed E-state index contributed by atoms with van der Waals surface area (Å²) in [6, 6.07) is 14.9. The molecule has 0 bridgehead atoms. The SMILES string of the molecule is CCC(CC)(c1ccc(OCCCCCC(=O)OC)cc1)c1ccc(OCC(O)C(C)(C)C)c(C)c1. The van der Waals surface area contributed by atoms with Gasteiger partial charge in [-0.05, 0) is 79.3 Å². The van der Waals surface area contributed by atoms with Crippen LogP contribution >= 0.6 is 0 Å². The molecule has 2 rings (SSSR count). The van der Waals surface area contributed by atoms with E-state index in [2.05, 4.69) is 61.9 Å². The molecule has 0 heterocycles. The third-order valence-corrected chi connectivity index (χ3v) is 7.26. The molecule has 1 N–H and O–H groups in total. The number of carbonyl (C=O) groups is 1. The Bertz CT molecular complexity index is 938. The fourth-order valence-corrected chi connectivity index (χ4v) is 4.47. The number of ether oxygens (including phenoxy) is 3. The lowest BCUT2D eigenvalue weighted by molar-refractivity contribution is -0.140. The molecule has 36 heavy (non-hydrogen) atoms. The fourth-order valence-electron chi connectivity index (χ4n) is 4.47. The van der Waals surface area contributed by atoms with Crippen LogP contribution < -0.4 is 9.47 Å². The van der Waals surface area contributed by atoms with Crippen LogP contribution in [0.1, 0.15) is 89.8 Å². The van der Waals surface area contributed by atoms with E-state index in [1.54, 1.807) is 0 Å². The minimum Gasteiger partial charge on any atom is -0.494 e. The molecule has 1 unspecified atom stereocenters. The highest BCUT2D eigenvalue weighted by molar-refractivity contribution is 5.68. The van der Waals surface area contributed by atoms with Gasteiger partial charge in [-0.25, -0.2) is 0 Å². The van der Waals surface area contributed by atoms with E-state index in [1.807, 2.05) is 26.8 Å². The number of methoxy groups -OCH3 is 1. The van der Waals surface area contributed by atoms with Crippen molar-refractivity contribution in [3.8, 4) is 11.5 Å². The van der Waals surface area contributed by atoms with Gasteiger partial charge in [0.2, 0.25) is 0 Å². The topological polar surface area (TPSA) is 65.0 Å². The van der Waals surface area contributed by atoms with Gasteiger partial charge in [0, 0.05) is 11.8 Å². The van der Waals surface area contributed by atoms with Crippen molar-refractivity contribution in [1.29, 1.82) is 0 Å². The van der Waals surface area contributed by atoms with Crippen LogP contribution in [0.25, 0.3) is 0 Å². The smallest absolute Gasteiger partial charge is 0.305 e. The first kappa shape index (κ1) is 29.7. The van der Waals surface area contributed by atoms with Gasteiger partial charge in [0.05, 0.1) is 19.8 Å². The third-order valence-electron chi connectivity index (χ3n) is 7.26. The van der Waals surface area contributed by atoms with Crippen molar-refractivity contribution in [1.82, 2.24) is 0 Å². The van der Waals surface area contributed by atoms with Gasteiger partial charge in [-0.2, -0.15) is 0 Å². The fraction of sp³-hybridized carbons (Fsp3) is 0.581. The average Bonchev–Trinajstić information content (AvgIpc) is 2.86. The Hall–Kier alpha value is -2.53. The molecule has 2 aromatic carbocycles. The molecule has 0 spiro atoms. The first-order chi connectivity index (χ1) is 17.1. The molecule has 0 aliphatic rings. The van der Waals surface area contributed by atoms with Crippen molar-refractivity contribution < 1.29 is 24.1 Å². The van der Waals surface area contributed by atoms with Gasteiger partial charge in [-0.3, -0.25) is 4.79 Å². The predicted molar refractivity (Wildman–Crippen MR) is 146 cm³/mol. The predicted octanol–water partition coefficient (Wildman–Crippen LogP) is 7.00. The second kappa shape index (κ2) is 13.7. The van der Waals surface area contributed by atoms with Crippen LogP contribution in [0.5, 0.6) is 11.5 Å². The number of hydrogen-bond acceptors (Lipinski definition) is 5. The summed E-state index contributed by atoms with van der Waals surface area (Å²) in [5.74, 6) is 1.53. The van der Waals surface area contributed by atoms with E-state index in [4.69, 9.17) is 9.47 Å². The Kier molecular flexibility index (Phi) is 11.3.